The molecule has 0 aliphatic carbocycles. The van der Waals surface area contributed by atoms with Crippen LogP contribution in [0.3, 0.4) is 0 Å². The Labute approximate surface area is 119 Å². The third-order valence-electron chi connectivity index (χ3n) is 2.94. The van der Waals surface area contributed by atoms with Gasteiger partial charge >= 0.3 is 0 Å². The van der Waals surface area contributed by atoms with E-state index in [0.29, 0.717) is 26.1 Å². The van der Waals surface area contributed by atoms with Crippen molar-refractivity contribution < 1.29 is 9.53 Å². The van der Waals surface area contributed by atoms with Crippen LogP contribution in [0.1, 0.15) is 18.4 Å². The summed E-state index contributed by atoms with van der Waals surface area (Å²) in [5, 5.41) is 8.69. The minimum absolute atomic E-state index is 0.0681. The minimum atomic E-state index is -0.291. The molecule has 2 N–H and O–H groups in total. The van der Waals surface area contributed by atoms with Gasteiger partial charge in [0, 0.05) is 39.1 Å². The molecule has 1 rings (SSSR count). The van der Waals surface area contributed by atoms with Gasteiger partial charge in [-0.1, -0.05) is 6.07 Å². The molecule has 0 saturated heterocycles. The predicted octanol–water partition coefficient (Wildman–Crippen LogP) is 0.688. The number of carbonyl (C=O) groups excluding carboxylic acids is 1. The van der Waals surface area contributed by atoms with Crippen molar-refractivity contribution in [2.75, 3.05) is 20.2 Å². The number of hydrogen-bond donors (Lipinski definition) is 1. The number of nitrogens with zero attached hydrogens (tertiary/aromatic N) is 3. The number of nitrogens with two attached hydrogens (primary N) is 1. The molecule has 6 nitrogen and oxygen atoms in total. The molecule has 1 amide bonds. The van der Waals surface area contributed by atoms with Gasteiger partial charge < -0.3 is 15.4 Å². The molecule has 0 aliphatic rings. The second-order valence-electron chi connectivity index (χ2n) is 4.38. The van der Waals surface area contributed by atoms with E-state index in [1.165, 1.54) is 7.11 Å². The number of hydrogen-bond acceptors (Lipinski definition) is 5. The molecule has 0 aromatic carbocycles. The zero-order valence-corrected chi connectivity index (χ0v) is 11.7. The number of methoxy groups -OCH3 is 1. The molecule has 0 saturated carbocycles. The van der Waals surface area contributed by atoms with Crippen LogP contribution in [0.25, 0.3) is 0 Å². The first-order valence-electron chi connectivity index (χ1n) is 6.47. The predicted molar refractivity (Wildman–Crippen MR) is 74.4 cm³/mol. The van der Waals surface area contributed by atoms with Crippen LogP contribution < -0.4 is 5.73 Å². The number of amides is 1. The lowest BCUT2D eigenvalue weighted by atomic mass is 10.2. The maximum absolute atomic E-state index is 12.2. The highest BCUT2D eigenvalue weighted by molar-refractivity contribution is 5.76. The van der Waals surface area contributed by atoms with Crippen LogP contribution in [-0.4, -0.2) is 42.1 Å². The Hall–Kier alpha value is -1.97. The Kier molecular flexibility index (Phi) is 7.25. The summed E-state index contributed by atoms with van der Waals surface area (Å²) in [5.41, 5.74) is 6.46. The summed E-state index contributed by atoms with van der Waals surface area (Å²) in [5.74, 6) is -0.0681. The molecular formula is C14H20N4O2. The molecule has 0 fully saturated rings. The molecule has 1 heterocycles. The van der Waals surface area contributed by atoms with Crippen LogP contribution in [-0.2, 0) is 16.1 Å². The third kappa shape index (κ3) is 5.34. The Balaban J connectivity index is 2.68. The standard InChI is InChI=1S/C14H20N4O2/c1-20-13(9-16)8-14(19)18(7-3-5-15)11-12-4-2-6-17-10-12/h2,4,6,10,13H,3,7-9,11,16H2,1H3. The number of nitriles is 1. The molecule has 1 unspecified atom stereocenters. The van der Waals surface area contributed by atoms with Gasteiger partial charge in [0.1, 0.15) is 0 Å². The van der Waals surface area contributed by atoms with Crippen molar-refractivity contribution in [3.05, 3.63) is 30.1 Å². The summed E-state index contributed by atoms with van der Waals surface area (Å²) >= 11 is 0. The lowest BCUT2D eigenvalue weighted by Crippen LogP contribution is -2.36. The molecule has 0 spiro atoms. The van der Waals surface area contributed by atoms with Crippen molar-refractivity contribution in [1.82, 2.24) is 9.88 Å². The molecule has 0 bridgehead atoms. The normalized spacial score (nSPS) is 11.7. The highest BCUT2D eigenvalue weighted by atomic mass is 16.5. The topological polar surface area (TPSA) is 92.2 Å². The van der Waals surface area contributed by atoms with Gasteiger partial charge in [0.15, 0.2) is 0 Å². The van der Waals surface area contributed by atoms with Crippen molar-refractivity contribution in [2.24, 2.45) is 5.73 Å². The molecule has 1 aromatic heterocycles. The van der Waals surface area contributed by atoms with Crippen LogP contribution in [0.5, 0.6) is 0 Å². The van der Waals surface area contributed by atoms with E-state index >= 15 is 0 Å². The Morgan fingerprint density at radius 1 is 1.65 bits per heavy atom. The first kappa shape index (κ1) is 16.1. The Morgan fingerprint density at radius 3 is 3.00 bits per heavy atom. The van der Waals surface area contributed by atoms with E-state index in [1.54, 1.807) is 17.3 Å². The average Bonchev–Trinajstić information content (AvgIpc) is 2.49. The number of pyridine rings is 1. The fourth-order valence-corrected chi connectivity index (χ4v) is 1.78. The zero-order chi connectivity index (χ0) is 14.8. The summed E-state index contributed by atoms with van der Waals surface area (Å²) in [6.45, 7) is 1.13. The highest BCUT2D eigenvalue weighted by Gasteiger charge is 2.18. The van der Waals surface area contributed by atoms with Gasteiger partial charge in [-0.25, -0.2) is 0 Å². The van der Waals surface area contributed by atoms with Gasteiger partial charge in [-0.2, -0.15) is 5.26 Å². The van der Waals surface area contributed by atoms with Crippen molar-refractivity contribution in [3.8, 4) is 6.07 Å². The SMILES string of the molecule is COC(CN)CC(=O)N(CCC#N)Cc1cccnc1. The summed E-state index contributed by atoms with van der Waals surface area (Å²) in [6.07, 6.45) is 3.62. The molecule has 108 valence electrons. The lowest BCUT2D eigenvalue weighted by Gasteiger charge is -2.23. The number of aromatic nitrogens is 1. The second kappa shape index (κ2) is 9.02. The summed E-state index contributed by atoms with van der Waals surface area (Å²) in [4.78, 5) is 17.9. The minimum Gasteiger partial charge on any atom is -0.380 e. The number of ether oxygens (including phenoxy) is 1. The van der Waals surface area contributed by atoms with Crippen molar-refractivity contribution >= 4 is 5.91 Å². The van der Waals surface area contributed by atoms with Gasteiger partial charge in [-0.15, -0.1) is 0 Å². The summed E-state index contributed by atoms with van der Waals surface area (Å²) in [7, 11) is 1.53. The van der Waals surface area contributed by atoms with Gasteiger partial charge in [-0.3, -0.25) is 9.78 Å². The maximum atomic E-state index is 12.2. The monoisotopic (exact) mass is 276 g/mol. The fourth-order valence-electron chi connectivity index (χ4n) is 1.78. The highest BCUT2D eigenvalue weighted by Crippen LogP contribution is 2.08. The van der Waals surface area contributed by atoms with Crippen molar-refractivity contribution in [3.63, 3.8) is 0 Å². The summed E-state index contributed by atoms with van der Waals surface area (Å²) in [6, 6.07) is 5.77. The molecule has 0 aliphatic heterocycles. The van der Waals surface area contributed by atoms with Gasteiger partial charge in [0.05, 0.1) is 25.0 Å². The Morgan fingerprint density at radius 2 is 2.45 bits per heavy atom. The van der Waals surface area contributed by atoms with Crippen molar-refractivity contribution in [2.45, 2.75) is 25.5 Å². The fraction of sp³-hybridized carbons (Fsp3) is 0.500. The second-order valence-corrected chi connectivity index (χ2v) is 4.38. The van der Waals surface area contributed by atoms with Crippen LogP contribution in [0.4, 0.5) is 0 Å². The largest absolute Gasteiger partial charge is 0.380 e. The first-order valence-corrected chi connectivity index (χ1v) is 6.47. The first-order chi connectivity index (χ1) is 9.71. The van der Waals surface area contributed by atoms with Gasteiger partial charge in [0.2, 0.25) is 5.91 Å². The van der Waals surface area contributed by atoms with E-state index in [-0.39, 0.29) is 18.4 Å². The molecule has 1 aromatic rings. The molecule has 1 atom stereocenters. The Bertz CT molecular complexity index is 440. The molecule has 0 radical (unpaired) electrons. The van der Waals surface area contributed by atoms with Crippen LogP contribution in [0.2, 0.25) is 0 Å². The van der Waals surface area contributed by atoms with Gasteiger partial charge in [0.25, 0.3) is 0 Å². The molecule has 6 heteroatoms. The van der Waals surface area contributed by atoms with Crippen LogP contribution >= 0.6 is 0 Å². The lowest BCUT2D eigenvalue weighted by molar-refractivity contribution is -0.134. The van der Waals surface area contributed by atoms with E-state index in [0.717, 1.165) is 5.56 Å². The van der Waals surface area contributed by atoms with E-state index in [2.05, 4.69) is 11.1 Å². The smallest absolute Gasteiger partial charge is 0.225 e. The van der Waals surface area contributed by atoms with Crippen molar-refractivity contribution in [1.29, 1.82) is 5.26 Å². The number of carbonyl (C=O) groups is 1. The average molecular weight is 276 g/mol. The van der Waals surface area contributed by atoms with E-state index in [1.807, 2.05) is 12.1 Å². The van der Waals surface area contributed by atoms with E-state index in [9.17, 15) is 4.79 Å². The number of rotatable bonds is 8. The van der Waals surface area contributed by atoms with Gasteiger partial charge in [-0.05, 0) is 11.6 Å². The van der Waals surface area contributed by atoms with E-state index < -0.39 is 0 Å². The maximum Gasteiger partial charge on any atom is 0.225 e. The van der Waals surface area contributed by atoms with Crippen LogP contribution in [0, 0.1) is 11.3 Å². The quantitative estimate of drug-likeness (QED) is 0.754. The van der Waals surface area contributed by atoms with E-state index in [4.69, 9.17) is 15.7 Å². The zero-order valence-electron chi connectivity index (χ0n) is 11.7. The molecular weight excluding hydrogens is 256 g/mol. The van der Waals surface area contributed by atoms with Crippen LogP contribution in [0.15, 0.2) is 24.5 Å². The summed E-state index contributed by atoms with van der Waals surface area (Å²) < 4.78 is 5.13. The molecule has 20 heavy (non-hydrogen) atoms. The third-order valence-corrected chi connectivity index (χ3v) is 2.94.